The van der Waals surface area contributed by atoms with Gasteiger partial charge in [-0.2, -0.15) is 0 Å². The monoisotopic (exact) mass is 616 g/mol. The second-order valence-corrected chi connectivity index (χ2v) is 13.3. The molecule has 1 saturated heterocycles. The quantitative estimate of drug-likeness (QED) is 0.297. The second kappa shape index (κ2) is 13.5. The number of hydrogen-bond donors (Lipinski definition) is 1. The zero-order valence-electron chi connectivity index (χ0n) is 27.0. The van der Waals surface area contributed by atoms with Gasteiger partial charge in [-0.1, -0.05) is 12.1 Å². The Hall–Kier alpha value is -4.14. The van der Waals surface area contributed by atoms with Crippen molar-refractivity contribution in [2.24, 2.45) is 0 Å². The third kappa shape index (κ3) is 7.93. The van der Waals surface area contributed by atoms with Crippen molar-refractivity contribution in [3.05, 3.63) is 89.0 Å². The van der Waals surface area contributed by atoms with Crippen molar-refractivity contribution in [3.63, 3.8) is 0 Å². The molecule has 8 nitrogen and oxygen atoms in total. The third-order valence-corrected chi connectivity index (χ3v) is 8.67. The van der Waals surface area contributed by atoms with E-state index in [4.69, 9.17) is 4.74 Å². The van der Waals surface area contributed by atoms with Gasteiger partial charge >= 0.3 is 6.09 Å². The van der Waals surface area contributed by atoms with Crippen LogP contribution in [-0.4, -0.2) is 69.6 Å². The van der Waals surface area contributed by atoms with Gasteiger partial charge in [-0.25, -0.2) is 9.18 Å². The molecule has 0 bridgehead atoms. The smallest absolute Gasteiger partial charge is 0.410 e. The fraction of sp³-hybridized carbons (Fsp3) is 0.472. The summed E-state index contributed by atoms with van der Waals surface area (Å²) < 4.78 is 21.4. The molecule has 240 valence electrons. The molecule has 1 N–H and O–H groups in total. The van der Waals surface area contributed by atoms with Crippen LogP contribution in [0, 0.1) is 19.7 Å². The number of halogens is 1. The number of aromatic nitrogens is 1. The summed E-state index contributed by atoms with van der Waals surface area (Å²) in [6, 6.07) is 16.9. The Labute approximate surface area is 265 Å². The van der Waals surface area contributed by atoms with Gasteiger partial charge in [-0.3, -0.25) is 9.59 Å². The third-order valence-electron chi connectivity index (χ3n) is 8.67. The van der Waals surface area contributed by atoms with Crippen LogP contribution in [-0.2, 0) is 9.53 Å². The highest BCUT2D eigenvalue weighted by molar-refractivity contribution is 5.97. The summed E-state index contributed by atoms with van der Waals surface area (Å²) in [4.78, 5) is 44.3. The number of rotatable bonds is 9. The van der Waals surface area contributed by atoms with E-state index in [0.717, 1.165) is 41.9 Å². The normalized spacial score (nSPS) is 18.7. The van der Waals surface area contributed by atoms with Gasteiger partial charge in [0.15, 0.2) is 0 Å². The van der Waals surface area contributed by atoms with Crippen LogP contribution in [0.25, 0.3) is 5.69 Å². The Morgan fingerprint density at radius 1 is 0.933 bits per heavy atom. The van der Waals surface area contributed by atoms with Crippen molar-refractivity contribution >= 4 is 17.9 Å². The van der Waals surface area contributed by atoms with Crippen molar-refractivity contribution in [2.75, 3.05) is 19.6 Å². The van der Waals surface area contributed by atoms with Crippen molar-refractivity contribution in [1.29, 1.82) is 0 Å². The van der Waals surface area contributed by atoms with Gasteiger partial charge < -0.3 is 24.4 Å². The summed E-state index contributed by atoms with van der Waals surface area (Å²) in [6.45, 7) is 11.1. The molecule has 3 amide bonds. The molecule has 5 rings (SSSR count). The highest BCUT2D eigenvalue weighted by atomic mass is 19.1. The number of aryl methyl sites for hydroxylation is 2. The van der Waals surface area contributed by atoms with Gasteiger partial charge in [0.05, 0.1) is 0 Å². The van der Waals surface area contributed by atoms with Crippen LogP contribution in [0.2, 0.25) is 0 Å². The Morgan fingerprint density at radius 3 is 2.16 bits per heavy atom. The lowest BCUT2D eigenvalue weighted by Gasteiger charge is -2.32. The molecule has 1 aliphatic heterocycles. The van der Waals surface area contributed by atoms with E-state index in [0.29, 0.717) is 25.1 Å². The van der Waals surface area contributed by atoms with Crippen molar-refractivity contribution in [1.82, 2.24) is 19.7 Å². The summed E-state index contributed by atoms with van der Waals surface area (Å²) in [5.74, 6) is -0.722. The maximum absolute atomic E-state index is 13.8. The van der Waals surface area contributed by atoms with Crippen LogP contribution in [0.5, 0.6) is 0 Å². The van der Waals surface area contributed by atoms with E-state index >= 15 is 0 Å². The number of nitrogens with one attached hydrogen (secondary N) is 1. The largest absolute Gasteiger partial charge is 0.444 e. The Morgan fingerprint density at radius 2 is 1.56 bits per heavy atom. The molecule has 0 unspecified atom stereocenters. The standard InChI is InChI=1S/C36H45FN4O4/c1-24-9-10-25(2)41(24)29-17-13-27(14-18-29)33(42)38-31(34(43)39-20-7-6-8-21-39)19-22-40(35(44)45-36(3,4)5)32-23-30(32)26-11-15-28(37)16-12-26/h9-18,30-32H,6-8,19-23H2,1-5H3,(H,38,42)/t30-,31-,32+/m0/s1. The number of piperidine rings is 1. The number of hydrogen-bond acceptors (Lipinski definition) is 4. The minimum atomic E-state index is -0.808. The van der Waals surface area contributed by atoms with Crippen LogP contribution in [0.15, 0.2) is 60.7 Å². The molecular weight excluding hydrogens is 571 g/mol. The van der Waals surface area contributed by atoms with E-state index in [9.17, 15) is 18.8 Å². The fourth-order valence-corrected chi connectivity index (χ4v) is 6.25. The van der Waals surface area contributed by atoms with Gasteiger partial charge in [-0.15, -0.1) is 0 Å². The summed E-state index contributed by atoms with van der Waals surface area (Å²) in [5, 5.41) is 3.00. The molecule has 2 aliphatic rings. The topological polar surface area (TPSA) is 83.9 Å². The van der Waals surface area contributed by atoms with Crippen molar-refractivity contribution < 1.29 is 23.5 Å². The first-order chi connectivity index (χ1) is 21.4. The summed E-state index contributed by atoms with van der Waals surface area (Å²) in [5.41, 5.74) is 3.88. The Balaban J connectivity index is 1.33. The van der Waals surface area contributed by atoms with E-state index < -0.39 is 17.7 Å². The molecule has 9 heteroatoms. The minimum Gasteiger partial charge on any atom is -0.444 e. The molecule has 2 heterocycles. The van der Waals surface area contributed by atoms with Crippen LogP contribution < -0.4 is 5.32 Å². The van der Waals surface area contributed by atoms with Crippen LogP contribution in [0.4, 0.5) is 9.18 Å². The van der Waals surface area contributed by atoms with E-state index in [1.54, 1.807) is 29.2 Å². The van der Waals surface area contributed by atoms with Crippen LogP contribution in [0.1, 0.15) is 86.1 Å². The first kappa shape index (κ1) is 32.3. The lowest BCUT2D eigenvalue weighted by molar-refractivity contribution is -0.134. The number of likely N-dealkylation sites (tertiary alicyclic amines) is 1. The number of ether oxygens (including phenoxy) is 1. The lowest BCUT2D eigenvalue weighted by Crippen LogP contribution is -2.51. The fourth-order valence-electron chi connectivity index (χ4n) is 6.25. The molecule has 2 aromatic carbocycles. The van der Waals surface area contributed by atoms with Crippen molar-refractivity contribution in [3.8, 4) is 5.69 Å². The SMILES string of the molecule is Cc1ccc(C)n1-c1ccc(C(=O)N[C@@H](CCN(C(=O)OC(C)(C)C)[C@@H]2C[C@H]2c2ccc(F)cc2)C(=O)N2CCCCC2)cc1. The van der Waals surface area contributed by atoms with E-state index in [2.05, 4.69) is 22.0 Å². The zero-order valence-corrected chi connectivity index (χ0v) is 27.0. The van der Waals surface area contributed by atoms with Gasteiger partial charge in [0.1, 0.15) is 17.5 Å². The van der Waals surface area contributed by atoms with E-state index in [1.807, 2.05) is 51.7 Å². The minimum absolute atomic E-state index is 0.0510. The number of carbonyl (C=O) groups excluding carboxylic acids is 3. The van der Waals surface area contributed by atoms with Gasteiger partial charge in [0.25, 0.3) is 5.91 Å². The second-order valence-electron chi connectivity index (χ2n) is 13.3. The predicted molar refractivity (Wildman–Crippen MR) is 172 cm³/mol. The summed E-state index contributed by atoms with van der Waals surface area (Å²) in [6.07, 6.45) is 3.43. The predicted octanol–water partition coefficient (Wildman–Crippen LogP) is 6.53. The highest BCUT2D eigenvalue weighted by Crippen LogP contribution is 2.45. The van der Waals surface area contributed by atoms with E-state index in [1.165, 1.54) is 12.1 Å². The van der Waals surface area contributed by atoms with E-state index in [-0.39, 0.29) is 42.6 Å². The maximum atomic E-state index is 13.8. The molecule has 0 spiro atoms. The molecule has 45 heavy (non-hydrogen) atoms. The Bertz CT molecular complexity index is 1480. The van der Waals surface area contributed by atoms with Crippen LogP contribution in [0.3, 0.4) is 0 Å². The number of amides is 3. The van der Waals surface area contributed by atoms with Gasteiger partial charge in [0.2, 0.25) is 5.91 Å². The first-order valence-corrected chi connectivity index (χ1v) is 16.0. The molecule has 2 fully saturated rings. The molecule has 1 aromatic heterocycles. The molecule has 3 aromatic rings. The zero-order chi connectivity index (χ0) is 32.3. The average Bonchev–Trinajstić information content (AvgIpc) is 3.72. The molecule has 1 aliphatic carbocycles. The summed E-state index contributed by atoms with van der Waals surface area (Å²) >= 11 is 0. The first-order valence-electron chi connectivity index (χ1n) is 16.0. The molecule has 1 saturated carbocycles. The number of nitrogens with zero attached hydrogens (tertiary/aromatic N) is 3. The molecule has 3 atom stereocenters. The lowest BCUT2D eigenvalue weighted by atomic mass is 10.1. The molecular formula is C36H45FN4O4. The molecule has 0 radical (unpaired) electrons. The van der Waals surface area contributed by atoms with Crippen molar-refractivity contribution in [2.45, 2.75) is 90.3 Å². The van der Waals surface area contributed by atoms with Gasteiger partial charge in [0, 0.05) is 54.2 Å². The van der Waals surface area contributed by atoms with Crippen LogP contribution >= 0.6 is 0 Å². The number of benzene rings is 2. The Kier molecular flexibility index (Phi) is 9.65. The van der Waals surface area contributed by atoms with Gasteiger partial charge in [-0.05, 0) is 121 Å². The number of carbonyl (C=O) groups is 3. The highest BCUT2D eigenvalue weighted by Gasteiger charge is 2.46. The summed E-state index contributed by atoms with van der Waals surface area (Å²) in [7, 11) is 0. The maximum Gasteiger partial charge on any atom is 0.410 e. The average molecular weight is 617 g/mol.